The summed E-state index contributed by atoms with van der Waals surface area (Å²) in [7, 11) is -2.61. The van der Waals surface area contributed by atoms with Crippen LogP contribution < -0.4 is 4.74 Å². The molecule has 29 heavy (non-hydrogen) atoms. The number of hydrogen-bond acceptors (Lipinski definition) is 3. The Hall–Kier alpha value is -2.51. The molecule has 1 aliphatic carbocycles. The van der Waals surface area contributed by atoms with E-state index in [4.69, 9.17) is 8.85 Å². The van der Waals surface area contributed by atoms with Crippen LogP contribution in [0.2, 0.25) is 0 Å². The van der Waals surface area contributed by atoms with Crippen LogP contribution in [-0.4, -0.2) is 34.2 Å². The van der Waals surface area contributed by atoms with Crippen LogP contribution in [0.25, 0.3) is 0 Å². The predicted molar refractivity (Wildman–Crippen MR) is 101 cm³/mol. The Balaban J connectivity index is 1.57. The number of aromatic nitrogens is 2. The second-order valence-electron chi connectivity index (χ2n) is 7.70. The van der Waals surface area contributed by atoms with Crippen LogP contribution in [0.5, 0.6) is 5.75 Å². The maximum Gasteiger partial charge on any atom is 0.433 e. The second kappa shape index (κ2) is 7.39. The quantitative estimate of drug-likeness (QED) is 0.731. The van der Waals surface area contributed by atoms with Crippen molar-refractivity contribution in [3.63, 3.8) is 0 Å². The van der Waals surface area contributed by atoms with Gasteiger partial charge in [-0.25, -0.2) is 0 Å². The first-order chi connectivity index (χ1) is 14.9. The zero-order valence-electron chi connectivity index (χ0n) is 19.0. The molecule has 2 fully saturated rings. The molecule has 156 valence electrons. The number of methoxy groups -OCH3 is 1. The summed E-state index contributed by atoms with van der Waals surface area (Å²) in [4.78, 5) is 14.6. The topological polar surface area (TPSA) is 47.4 Å². The Kier molecular flexibility index (Phi) is 4.15. The first kappa shape index (κ1) is 16.3. The lowest BCUT2D eigenvalue weighted by Crippen LogP contribution is -2.35. The summed E-state index contributed by atoms with van der Waals surface area (Å²) in [5.41, 5.74) is 0.799. The van der Waals surface area contributed by atoms with Crippen LogP contribution >= 0.6 is 0 Å². The summed E-state index contributed by atoms with van der Waals surface area (Å²) < 4.78 is 68.3. The van der Waals surface area contributed by atoms with Crippen LogP contribution in [0.3, 0.4) is 0 Å². The minimum atomic E-state index is -4.59. The van der Waals surface area contributed by atoms with Crippen molar-refractivity contribution < 1.29 is 26.8 Å². The van der Waals surface area contributed by atoms with Crippen molar-refractivity contribution in [1.29, 1.82) is 0 Å². The molecule has 8 heteroatoms. The van der Waals surface area contributed by atoms with Crippen molar-refractivity contribution in [3.8, 4) is 5.75 Å². The van der Waals surface area contributed by atoms with Crippen LogP contribution in [0.4, 0.5) is 13.2 Å². The first-order valence-electron chi connectivity index (χ1n) is 11.2. The highest BCUT2D eigenvalue weighted by molar-refractivity contribution is 5.77. The number of carbonyl (C=O) groups excluding carboxylic acids is 1. The van der Waals surface area contributed by atoms with E-state index < -0.39 is 31.4 Å². The predicted octanol–water partition coefficient (Wildman–Crippen LogP) is 4.46. The average Bonchev–Trinajstić information content (AvgIpc) is 3.24. The van der Waals surface area contributed by atoms with Gasteiger partial charge in [-0.05, 0) is 55.9 Å². The molecule has 1 amide bonds. The largest absolute Gasteiger partial charge is 0.496 e. The highest BCUT2D eigenvalue weighted by atomic mass is 19.4. The lowest BCUT2D eigenvalue weighted by atomic mass is 9.98. The van der Waals surface area contributed by atoms with Gasteiger partial charge in [0.1, 0.15) is 18.0 Å². The number of rotatable bonds is 5. The molecule has 2 aromatic rings. The first-order valence-corrected chi connectivity index (χ1v) is 9.67. The fourth-order valence-electron chi connectivity index (χ4n) is 4.07. The normalized spacial score (nSPS) is 21.6. The van der Waals surface area contributed by atoms with Crippen LogP contribution in [0.15, 0.2) is 24.3 Å². The second-order valence-corrected chi connectivity index (χ2v) is 7.70. The third kappa shape index (κ3) is 3.84. The van der Waals surface area contributed by atoms with Gasteiger partial charge < -0.3 is 9.64 Å². The van der Waals surface area contributed by atoms with Crippen molar-refractivity contribution in [2.24, 2.45) is 0 Å². The Morgan fingerprint density at radius 2 is 2.14 bits per heavy atom. The van der Waals surface area contributed by atoms with Crippen LogP contribution in [0, 0.1) is 6.92 Å². The molecule has 1 saturated carbocycles. The molecule has 5 nitrogen and oxygen atoms in total. The van der Waals surface area contributed by atoms with E-state index in [9.17, 15) is 18.0 Å². The minimum absolute atomic E-state index is 0.0376. The SMILES string of the molecule is [2H]C([2H])([2H])Oc1cccc([C@@H]2CCCN2C(=O)Cn2nc(C3CC3)cc2C(F)(F)F)c1C. The van der Waals surface area contributed by atoms with Gasteiger partial charge in [-0.2, -0.15) is 18.3 Å². The molecule has 1 aromatic carbocycles. The van der Waals surface area contributed by atoms with Gasteiger partial charge in [0.05, 0.1) is 22.9 Å². The summed E-state index contributed by atoms with van der Waals surface area (Å²) in [6, 6.07) is 5.67. The highest BCUT2D eigenvalue weighted by Gasteiger charge is 2.39. The van der Waals surface area contributed by atoms with Crippen LogP contribution in [0.1, 0.15) is 64.3 Å². The summed E-state index contributed by atoms with van der Waals surface area (Å²) in [6.07, 6.45) is -1.65. The van der Waals surface area contributed by atoms with Gasteiger partial charge in [0.2, 0.25) is 5.91 Å². The number of benzene rings is 1. The van der Waals surface area contributed by atoms with E-state index in [0.29, 0.717) is 30.6 Å². The maximum atomic E-state index is 13.5. The Bertz CT molecular complexity index is 1020. The zero-order valence-corrected chi connectivity index (χ0v) is 16.0. The average molecular weight is 410 g/mol. The molecule has 4 rings (SSSR count). The lowest BCUT2D eigenvalue weighted by Gasteiger charge is -2.27. The van der Waals surface area contributed by atoms with E-state index in [1.165, 1.54) is 0 Å². The van der Waals surface area contributed by atoms with Gasteiger partial charge in [0.15, 0.2) is 0 Å². The van der Waals surface area contributed by atoms with Crippen molar-refractivity contribution in [2.45, 2.75) is 57.3 Å². The molecule has 1 aliphatic heterocycles. The fourth-order valence-corrected chi connectivity index (χ4v) is 4.07. The Morgan fingerprint density at radius 1 is 1.34 bits per heavy atom. The van der Waals surface area contributed by atoms with E-state index in [1.807, 2.05) is 0 Å². The summed E-state index contributed by atoms with van der Waals surface area (Å²) in [5.74, 6) is -0.220. The van der Waals surface area contributed by atoms with Gasteiger partial charge >= 0.3 is 6.18 Å². The third-order valence-electron chi connectivity index (χ3n) is 5.74. The number of nitrogens with zero attached hydrogens (tertiary/aromatic N) is 3. The van der Waals surface area contributed by atoms with E-state index in [0.717, 1.165) is 29.2 Å². The molecule has 0 spiro atoms. The van der Waals surface area contributed by atoms with Gasteiger partial charge in [0.25, 0.3) is 0 Å². The highest BCUT2D eigenvalue weighted by Crippen LogP contribution is 2.42. The summed E-state index contributed by atoms with van der Waals surface area (Å²) in [6.45, 7) is 1.63. The number of carbonyl (C=O) groups is 1. The fraction of sp³-hybridized carbons (Fsp3) is 0.524. The Labute approximate surface area is 171 Å². The standard InChI is InChI=1S/C21H24F3N3O2/c1-13-15(5-3-7-18(13)29-2)17-6-4-10-26(17)20(28)12-27-19(21(22,23)24)11-16(25-27)14-8-9-14/h3,5,7,11,14,17H,4,6,8-10,12H2,1-2H3/t17-/m0/s1/i2D3. The smallest absolute Gasteiger partial charge is 0.433 e. The number of alkyl halides is 3. The number of hydrogen-bond donors (Lipinski definition) is 0. The van der Waals surface area contributed by atoms with E-state index in [1.54, 1.807) is 30.0 Å². The molecule has 0 N–H and O–H groups in total. The summed E-state index contributed by atoms with van der Waals surface area (Å²) in [5, 5.41) is 4.09. The molecule has 0 unspecified atom stereocenters. The number of ether oxygens (including phenoxy) is 1. The number of halogens is 3. The van der Waals surface area contributed by atoms with E-state index in [2.05, 4.69) is 5.10 Å². The minimum Gasteiger partial charge on any atom is -0.496 e. The van der Waals surface area contributed by atoms with Crippen molar-refractivity contribution >= 4 is 5.91 Å². The van der Waals surface area contributed by atoms with Crippen molar-refractivity contribution in [1.82, 2.24) is 14.7 Å². The van der Waals surface area contributed by atoms with Gasteiger partial charge in [0, 0.05) is 12.5 Å². The van der Waals surface area contributed by atoms with E-state index >= 15 is 0 Å². The maximum absolute atomic E-state index is 13.5. The molecule has 2 aliphatic rings. The molecule has 1 saturated heterocycles. The number of likely N-dealkylation sites (tertiary alicyclic amines) is 1. The van der Waals surface area contributed by atoms with Gasteiger partial charge in [-0.1, -0.05) is 12.1 Å². The van der Waals surface area contributed by atoms with E-state index in [-0.39, 0.29) is 17.7 Å². The Morgan fingerprint density at radius 3 is 2.83 bits per heavy atom. The molecule has 0 radical (unpaired) electrons. The van der Waals surface area contributed by atoms with Gasteiger partial charge in [-0.15, -0.1) is 0 Å². The third-order valence-corrected chi connectivity index (χ3v) is 5.74. The zero-order chi connectivity index (χ0) is 23.3. The van der Waals surface area contributed by atoms with Gasteiger partial charge in [-0.3, -0.25) is 9.48 Å². The molecule has 0 bridgehead atoms. The molecular weight excluding hydrogens is 383 g/mol. The molecule has 1 atom stereocenters. The van der Waals surface area contributed by atoms with Crippen molar-refractivity contribution in [2.75, 3.05) is 13.6 Å². The number of amides is 1. The van der Waals surface area contributed by atoms with Crippen LogP contribution in [-0.2, 0) is 17.5 Å². The monoisotopic (exact) mass is 410 g/mol. The lowest BCUT2D eigenvalue weighted by molar-refractivity contribution is -0.146. The molecular formula is C21H24F3N3O2. The molecule has 2 heterocycles. The van der Waals surface area contributed by atoms with Crippen molar-refractivity contribution in [3.05, 3.63) is 46.8 Å². The summed E-state index contributed by atoms with van der Waals surface area (Å²) >= 11 is 0. The molecule has 1 aromatic heterocycles.